The van der Waals surface area contributed by atoms with Crippen molar-refractivity contribution in [1.82, 2.24) is 0 Å². The summed E-state index contributed by atoms with van der Waals surface area (Å²) >= 11 is 3.56. The quantitative estimate of drug-likeness (QED) is 0.524. The van der Waals surface area contributed by atoms with E-state index in [0.717, 1.165) is 32.1 Å². The van der Waals surface area contributed by atoms with Crippen LogP contribution in [0.2, 0.25) is 0 Å². The molecule has 0 aliphatic rings. The number of carbonyl (C=O) groups excluding carboxylic acids is 1. The molecule has 0 atom stereocenters. The fraction of sp³-hybridized carbons (Fsp3) is 0.150. The molecule has 0 unspecified atom stereocenters. The number of halogens is 1. The Morgan fingerprint density at radius 3 is 2.48 bits per heavy atom. The van der Waals surface area contributed by atoms with Crippen LogP contribution in [-0.4, -0.2) is 5.78 Å². The van der Waals surface area contributed by atoms with E-state index in [0.29, 0.717) is 5.76 Å². The Morgan fingerprint density at radius 2 is 1.83 bits per heavy atom. The van der Waals surface area contributed by atoms with Crippen molar-refractivity contribution in [3.8, 4) is 11.1 Å². The van der Waals surface area contributed by atoms with Gasteiger partial charge in [0, 0.05) is 15.4 Å². The molecule has 116 valence electrons. The minimum Gasteiger partial charge on any atom is -0.456 e. The van der Waals surface area contributed by atoms with Crippen molar-refractivity contribution in [2.75, 3.05) is 0 Å². The van der Waals surface area contributed by atoms with Gasteiger partial charge in [0.05, 0.1) is 0 Å². The summed E-state index contributed by atoms with van der Waals surface area (Å²) in [7, 11) is 0. The van der Waals surface area contributed by atoms with Gasteiger partial charge >= 0.3 is 0 Å². The molecule has 2 nitrogen and oxygen atoms in total. The molecule has 0 N–H and O–H groups in total. The zero-order valence-corrected chi connectivity index (χ0v) is 14.9. The molecule has 3 aromatic rings. The van der Waals surface area contributed by atoms with Crippen LogP contribution in [0.1, 0.15) is 23.8 Å². The highest BCUT2D eigenvalue weighted by atomic mass is 79.9. The van der Waals surface area contributed by atoms with Gasteiger partial charge in [-0.15, -0.1) is 0 Å². The summed E-state index contributed by atoms with van der Waals surface area (Å²) in [6.07, 6.45) is 3.30. The molecular weight excluding hydrogens is 352 g/mol. The number of hydrogen-bond donors (Lipinski definition) is 0. The van der Waals surface area contributed by atoms with Crippen molar-refractivity contribution in [2.24, 2.45) is 0 Å². The lowest BCUT2D eigenvalue weighted by atomic mass is 9.99. The maximum atomic E-state index is 11.3. The van der Waals surface area contributed by atoms with Crippen molar-refractivity contribution in [2.45, 2.75) is 20.8 Å². The standard InChI is InChI=1S/C20H17BrO2/c1-12-4-7-15(8-5-12)19-17-11-16(21)10-13(2)20(17)23-18(19)9-6-14(3)22/h4-11H,1-3H3/b9-6+. The second kappa shape index (κ2) is 6.17. The first kappa shape index (κ1) is 15.8. The molecule has 2 aromatic carbocycles. The lowest BCUT2D eigenvalue weighted by Crippen LogP contribution is -1.83. The predicted octanol–water partition coefficient (Wildman–Crippen LogP) is 6.08. The highest BCUT2D eigenvalue weighted by molar-refractivity contribution is 9.10. The highest BCUT2D eigenvalue weighted by Gasteiger charge is 2.16. The van der Waals surface area contributed by atoms with Crippen molar-refractivity contribution >= 4 is 38.8 Å². The largest absolute Gasteiger partial charge is 0.456 e. The monoisotopic (exact) mass is 368 g/mol. The topological polar surface area (TPSA) is 30.2 Å². The molecule has 0 amide bonds. The molecule has 0 radical (unpaired) electrons. The van der Waals surface area contributed by atoms with Crippen LogP contribution in [-0.2, 0) is 4.79 Å². The number of aryl methyl sites for hydroxylation is 2. The van der Waals surface area contributed by atoms with Gasteiger partial charge in [0.2, 0.25) is 0 Å². The third kappa shape index (κ3) is 3.15. The van der Waals surface area contributed by atoms with Crippen molar-refractivity contribution < 1.29 is 9.21 Å². The van der Waals surface area contributed by atoms with E-state index in [9.17, 15) is 4.79 Å². The summed E-state index contributed by atoms with van der Waals surface area (Å²) in [6, 6.07) is 12.4. The Bertz CT molecular complexity index is 915. The summed E-state index contributed by atoms with van der Waals surface area (Å²) in [4.78, 5) is 11.3. The Balaban J connectivity index is 2.33. The van der Waals surface area contributed by atoms with E-state index in [1.807, 2.05) is 13.0 Å². The molecule has 0 bridgehead atoms. The Kier molecular flexibility index (Phi) is 4.22. The van der Waals surface area contributed by atoms with Gasteiger partial charge in [-0.05, 0) is 56.2 Å². The van der Waals surface area contributed by atoms with Gasteiger partial charge in [0.15, 0.2) is 5.78 Å². The molecule has 0 spiro atoms. The molecule has 0 saturated heterocycles. The van der Waals surface area contributed by atoms with Gasteiger partial charge < -0.3 is 4.42 Å². The average Bonchev–Trinajstić information content (AvgIpc) is 2.85. The van der Waals surface area contributed by atoms with Gasteiger partial charge in [0.25, 0.3) is 0 Å². The Morgan fingerprint density at radius 1 is 1.13 bits per heavy atom. The first-order chi connectivity index (χ1) is 11.0. The van der Waals surface area contributed by atoms with Gasteiger partial charge in [-0.25, -0.2) is 0 Å². The van der Waals surface area contributed by atoms with Crippen molar-refractivity contribution in [1.29, 1.82) is 0 Å². The SMILES string of the molecule is CC(=O)/C=C/c1oc2c(C)cc(Br)cc2c1-c1ccc(C)cc1. The normalized spacial score (nSPS) is 11.5. The third-order valence-electron chi connectivity index (χ3n) is 3.78. The Hall–Kier alpha value is -2.13. The van der Waals surface area contributed by atoms with Crippen LogP contribution < -0.4 is 0 Å². The van der Waals surface area contributed by atoms with Crippen molar-refractivity contribution in [3.63, 3.8) is 0 Å². The summed E-state index contributed by atoms with van der Waals surface area (Å²) < 4.78 is 7.07. The van der Waals surface area contributed by atoms with Crippen LogP contribution in [0, 0.1) is 13.8 Å². The number of furan rings is 1. The van der Waals surface area contributed by atoms with Gasteiger partial charge in [-0.3, -0.25) is 4.79 Å². The number of fused-ring (bicyclic) bond motifs is 1. The minimum absolute atomic E-state index is 0.00165. The number of carbonyl (C=O) groups is 1. The van der Waals surface area contributed by atoms with Gasteiger partial charge in [0.1, 0.15) is 11.3 Å². The first-order valence-corrected chi connectivity index (χ1v) is 8.23. The number of rotatable bonds is 3. The van der Waals surface area contributed by atoms with E-state index in [1.54, 1.807) is 12.2 Å². The molecule has 23 heavy (non-hydrogen) atoms. The zero-order chi connectivity index (χ0) is 16.6. The predicted molar refractivity (Wildman–Crippen MR) is 98.5 cm³/mol. The number of benzene rings is 2. The van der Waals surface area contributed by atoms with Crippen LogP contribution in [0.15, 0.2) is 51.4 Å². The van der Waals surface area contributed by atoms with E-state index in [1.165, 1.54) is 12.5 Å². The molecule has 1 aromatic heterocycles. The van der Waals surface area contributed by atoms with Crippen LogP contribution in [0.25, 0.3) is 28.2 Å². The summed E-state index contributed by atoms with van der Waals surface area (Å²) in [5.41, 5.74) is 5.22. The summed E-state index contributed by atoms with van der Waals surface area (Å²) in [5.74, 6) is 0.707. The highest BCUT2D eigenvalue weighted by Crippen LogP contribution is 2.38. The number of hydrogen-bond acceptors (Lipinski definition) is 2. The van der Waals surface area contributed by atoms with Gasteiger partial charge in [-0.1, -0.05) is 45.8 Å². The molecule has 3 rings (SSSR count). The molecular formula is C20H17BrO2. The van der Waals surface area contributed by atoms with Crippen LogP contribution in [0.5, 0.6) is 0 Å². The van der Waals surface area contributed by atoms with E-state index in [4.69, 9.17) is 4.42 Å². The molecule has 1 heterocycles. The summed E-state index contributed by atoms with van der Waals surface area (Å²) in [6.45, 7) is 5.62. The zero-order valence-electron chi connectivity index (χ0n) is 13.3. The lowest BCUT2D eigenvalue weighted by Gasteiger charge is -2.03. The van der Waals surface area contributed by atoms with E-state index in [2.05, 4.69) is 53.2 Å². The number of allylic oxidation sites excluding steroid dienone is 1. The lowest BCUT2D eigenvalue weighted by molar-refractivity contribution is -0.112. The minimum atomic E-state index is -0.00165. The second-order valence-electron chi connectivity index (χ2n) is 5.75. The molecule has 0 saturated carbocycles. The van der Waals surface area contributed by atoms with Gasteiger partial charge in [-0.2, -0.15) is 0 Å². The molecule has 0 aliphatic heterocycles. The third-order valence-corrected chi connectivity index (χ3v) is 4.23. The average molecular weight is 369 g/mol. The van der Waals surface area contributed by atoms with Crippen molar-refractivity contribution in [3.05, 3.63) is 63.8 Å². The van der Waals surface area contributed by atoms with Crippen LogP contribution >= 0.6 is 15.9 Å². The van der Waals surface area contributed by atoms with Crippen LogP contribution in [0.3, 0.4) is 0 Å². The molecule has 3 heteroatoms. The Labute approximate surface area is 143 Å². The maximum absolute atomic E-state index is 11.3. The summed E-state index contributed by atoms with van der Waals surface area (Å²) in [5, 5.41) is 1.05. The molecule has 0 fully saturated rings. The van der Waals surface area contributed by atoms with E-state index >= 15 is 0 Å². The van der Waals surface area contributed by atoms with E-state index in [-0.39, 0.29) is 5.78 Å². The number of ketones is 1. The maximum Gasteiger partial charge on any atom is 0.152 e. The first-order valence-electron chi connectivity index (χ1n) is 7.44. The van der Waals surface area contributed by atoms with E-state index < -0.39 is 0 Å². The second-order valence-corrected chi connectivity index (χ2v) is 6.67. The fourth-order valence-corrected chi connectivity index (χ4v) is 3.25. The fourth-order valence-electron chi connectivity index (χ4n) is 2.67. The molecule has 0 aliphatic carbocycles. The smallest absolute Gasteiger partial charge is 0.152 e. The van der Waals surface area contributed by atoms with Crippen LogP contribution in [0.4, 0.5) is 0 Å².